The van der Waals surface area contributed by atoms with Gasteiger partial charge in [0.2, 0.25) is 0 Å². The minimum Gasteiger partial charge on any atom is -0.460 e. The van der Waals surface area contributed by atoms with E-state index in [1.54, 1.807) is 26.4 Å². The van der Waals surface area contributed by atoms with E-state index in [-0.39, 0.29) is 0 Å². The van der Waals surface area contributed by atoms with Crippen LogP contribution in [0.15, 0.2) is 34.9 Å². The van der Waals surface area contributed by atoms with Crippen molar-refractivity contribution in [3.05, 3.63) is 30.5 Å². The van der Waals surface area contributed by atoms with Crippen molar-refractivity contribution >= 4 is 17.1 Å². The molecule has 0 radical (unpaired) electrons. The van der Waals surface area contributed by atoms with Crippen molar-refractivity contribution in [2.75, 3.05) is 14.1 Å². The zero-order valence-corrected chi connectivity index (χ0v) is 8.56. The molecule has 1 amide bonds. The van der Waals surface area contributed by atoms with E-state index in [4.69, 9.17) is 9.15 Å². The molecule has 0 aliphatic heterocycles. The Hall–Kier alpha value is -1.97. The van der Waals surface area contributed by atoms with Gasteiger partial charge in [0.1, 0.15) is 0 Å². The van der Waals surface area contributed by atoms with E-state index in [0.717, 1.165) is 5.39 Å². The summed E-state index contributed by atoms with van der Waals surface area (Å²) in [5, 5.41) is 0.916. The second-order valence-electron chi connectivity index (χ2n) is 3.36. The molecule has 2 aromatic rings. The Balaban J connectivity index is 2.35. The molecule has 0 saturated carbocycles. The number of ether oxygens (including phenoxy) is 1. The molecule has 0 unspecified atom stereocenters. The summed E-state index contributed by atoms with van der Waals surface area (Å²) in [5.41, 5.74) is 0.590. The molecule has 0 bridgehead atoms. The SMILES string of the molecule is CN(C)C(=O)Oc1cccc2ccoc12. The summed E-state index contributed by atoms with van der Waals surface area (Å²) < 4.78 is 10.4. The van der Waals surface area contributed by atoms with E-state index in [0.29, 0.717) is 11.3 Å². The van der Waals surface area contributed by atoms with Crippen LogP contribution in [0, 0.1) is 0 Å². The monoisotopic (exact) mass is 205 g/mol. The number of amides is 1. The molecule has 0 saturated heterocycles. The number of carbonyl (C=O) groups excluding carboxylic acids is 1. The number of fused-ring (bicyclic) bond motifs is 1. The van der Waals surface area contributed by atoms with E-state index in [9.17, 15) is 4.79 Å². The summed E-state index contributed by atoms with van der Waals surface area (Å²) in [7, 11) is 3.26. The van der Waals surface area contributed by atoms with Gasteiger partial charge in [0.25, 0.3) is 0 Å². The topological polar surface area (TPSA) is 42.7 Å². The molecule has 0 atom stereocenters. The molecule has 2 rings (SSSR count). The van der Waals surface area contributed by atoms with Crippen LogP contribution in [0.2, 0.25) is 0 Å². The molecule has 15 heavy (non-hydrogen) atoms. The Morgan fingerprint density at radius 1 is 1.33 bits per heavy atom. The summed E-state index contributed by atoms with van der Waals surface area (Å²) in [4.78, 5) is 12.7. The highest BCUT2D eigenvalue weighted by molar-refractivity contribution is 5.85. The number of hydrogen-bond donors (Lipinski definition) is 0. The molecule has 0 spiro atoms. The first-order valence-corrected chi connectivity index (χ1v) is 4.54. The van der Waals surface area contributed by atoms with Crippen LogP contribution >= 0.6 is 0 Å². The molecule has 0 aliphatic rings. The first-order valence-electron chi connectivity index (χ1n) is 4.54. The zero-order valence-electron chi connectivity index (χ0n) is 8.56. The number of rotatable bonds is 1. The maximum Gasteiger partial charge on any atom is 0.414 e. The lowest BCUT2D eigenvalue weighted by Gasteiger charge is -2.10. The molecular weight excluding hydrogens is 194 g/mol. The van der Waals surface area contributed by atoms with Crippen LogP contribution in [-0.2, 0) is 0 Å². The number of benzene rings is 1. The summed E-state index contributed by atoms with van der Waals surface area (Å²) in [6.07, 6.45) is 1.15. The zero-order chi connectivity index (χ0) is 10.8. The van der Waals surface area contributed by atoms with Crippen LogP contribution in [-0.4, -0.2) is 25.1 Å². The smallest absolute Gasteiger partial charge is 0.414 e. The standard InChI is InChI=1S/C11H11NO3/c1-12(2)11(13)15-9-5-3-4-8-6-7-14-10(8)9/h3-7H,1-2H3. The van der Waals surface area contributed by atoms with Gasteiger partial charge in [-0.05, 0) is 12.1 Å². The third kappa shape index (κ3) is 1.79. The van der Waals surface area contributed by atoms with Gasteiger partial charge in [-0.2, -0.15) is 0 Å². The van der Waals surface area contributed by atoms with Crippen molar-refractivity contribution in [1.82, 2.24) is 4.90 Å². The van der Waals surface area contributed by atoms with Crippen LogP contribution < -0.4 is 4.74 Å². The predicted octanol–water partition coefficient (Wildman–Crippen LogP) is 2.49. The molecule has 0 fully saturated rings. The molecule has 1 aromatic carbocycles. The van der Waals surface area contributed by atoms with Gasteiger partial charge in [0, 0.05) is 19.5 Å². The number of nitrogens with zero attached hydrogens (tertiary/aromatic N) is 1. The lowest BCUT2D eigenvalue weighted by atomic mass is 10.2. The Morgan fingerprint density at radius 2 is 2.13 bits per heavy atom. The van der Waals surface area contributed by atoms with E-state index >= 15 is 0 Å². The quantitative estimate of drug-likeness (QED) is 0.718. The van der Waals surface area contributed by atoms with E-state index in [1.807, 2.05) is 18.2 Å². The molecule has 1 heterocycles. The fraction of sp³-hybridized carbons (Fsp3) is 0.182. The molecule has 4 nitrogen and oxygen atoms in total. The maximum absolute atomic E-state index is 11.3. The van der Waals surface area contributed by atoms with Gasteiger partial charge in [-0.3, -0.25) is 0 Å². The summed E-state index contributed by atoms with van der Waals surface area (Å²) >= 11 is 0. The maximum atomic E-state index is 11.3. The third-order valence-electron chi connectivity index (χ3n) is 2.01. The van der Waals surface area contributed by atoms with Crippen LogP contribution in [0.5, 0.6) is 5.75 Å². The lowest BCUT2D eigenvalue weighted by molar-refractivity contribution is 0.172. The first-order chi connectivity index (χ1) is 7.18. The highest BCUT2D eigenvalue weighted by atomic mass is 16.6. The van der Waals surface area contributed by atoms with Gasteiger partial charge in [0.05, 0.1) is 6.26 Å². The van der Waals surface area contributed by atoms with Crippen molar-refractivity contribution in [1.29, 1.82) is 0 Å². The van der Waals surface area contributed by atoms with Gasteiger partial charge < -0.3 is 14.1 Å². The number of furan rings is 1. The fourth-order valence-electron chi connectivity index (χ4n) is 1.23. The van der Waals surface area contributed by atoms with Gasteiger partial charge in [-0.25, -0.2) is 4.79 Å². The van der Waals surface area contributed by atoms with Crippen LogP contribution in [0.4, 0.5) is 4.79 Å². The van der Waals surface area contributed by atoms with Gasteiger partial charge in [-0.15, -0.1) is 0 Å². The molecule has 1 aromatic heterocycles. The van der Waals surface area contributed by atoms with Crippen LogP contribution in [0.1, 0.15) is 0 Å². The Labute approximate surface area is 87.0 Å². The first kappa shape index (κ1) is 9.58. The van der Waals surface area contributed by atoms with Crippen molar-refractivity contribution in [2.45, 2.75) is 0 Å². The second-order valence-corrected chi connectivity index (χ2v) is 3.36. The van der Waals surface area contributed by atoms with Crippen molar-refractivity contribution in [3.8, 4) is 5.75 Å². The Kier molecular flexibility index (Phi) is 2.33. The second kappa shape index (κ2) is 3.65. The van der Waals surface area contributed by atoms with Crippen molar-refractivity contribution < 1.29 is 13.9 Å². The minimum atomic E-state index is -0.418. The molecular formula is C11H11NO3. The fourth-order valence-corrected chi connectivity index (χ4v) is 1.23. The highest BCUT2D eigenvalue weighted by Crippen LogP contribution is 2.26. The number of carbonyl (C=O) groups is 1. The Morgan fingerprint density at radius 3 is 2.87 bits per heavy atom. The largest absolute Gasteiger partial charge is 0.460 e. The van der Waals surface area contributed by atoms with Crippen molar-refractivity contribution in [2.24, 2.45) is 0 Å². The van der Waals surface area contributed by atoms with Crippen LogP contribution in [0.25, 0.3) is 11.0 Å². The van der Waals surface area contributed by atoms with E-state index in [2.05, 4.69) is 0 Å². The molecule has 0 aliphatic carbocycles. The highest BCUT2D eigenvalue weighted by Gasteiger charge is 2.11. The predicted molar refractivity (Wildman–Crippen MR) is 55.9 cm³/mol. The Bertz CT molecular complexity index is 487. The molecule has 4 heteroatoms. The molecule has 0 N–H and O–H groups in total. The van der Waals surface area contributed by atoms with Crippen LogP contribution in [0.3, 0.4) is 0 Å². The van der Waals surface area contributed by atoms with Gasteiger partial charge in [0.15, 0.2) is 11.3 Å². The summed E-state index contributed by atoms with van der Waals surface area (Å²) in [5.74, 6) is 0.441. The number of hydrogen-bond acceptors (Lipinski definition) is 3. The average molecular weight is 205 g/mol. The van der Waals surface area contributed by atoms with Gasteiger partial charge in [-0.1, -0.05) is 12.1 Å². The molecule has 78 valence electrons. The normalized spacial score (nSPS) is 10.3. The van der Waals surface area contributed by atoms with E-state index in [1.165, 1.54) is 4.90 Å². The van der Waals surface area contributed by atoms with Crippen molar-refractivity contribution in [3.63, 3.8) is 0 Å². The minimum absolute atomic E-state index is 0.418. The summed E-state index contributed by atoms with van der Waals surface area (Å²) in [6.45, 7) is 0. The lowest BCUT2D eigenvalue weighted by Crippen LogP contribution is -2.25. The summed E-state index contributed by atoms with van der Waals surface area (Å²) in [6, 6.07) is 7.23. The third-order valence-corrected chi connectivity index (χ3v) is 2.01. The average Bonchev–Trinajstić information content (AvgIpc) is 2.66. The van der Waals surface area contributed by atoms with Gasteiger partial charge >= 0.3 is 6.09 Å². The number of para-hydroxylation sites is 1. The van der Waals surface area contributed by atoms with E-state index < -0.39 is 6.09 Å².